The SMILES string of the molecule is CCNC(=NCc1cn2ccsc2n1)NCc1ncc(C(C)(C)C)o1. The first-order valence-electron chi connectivity index (χ1n) is 8.34. The van der Waals surface area contributed by atoms with E-state index in [1.807, 2.05) is 29.1 Å². The van der Waals surface area contributed by atoms with Crippen molar-refractivity contribution >= 4 is 22.3 Å². The minimum absolute atomic E-state index is 0.0438. The zero-order valence-electron chi connectivity index (χ0n) is 15.0. The van der Waals surface area contributed by atoms with Gasteiger partial charge in [0.05, 0.1) is 25.0 Å². The fourth-order valence-electron chi connectivity index (χ4n) is 2.25. The van der Waals surface area contributed by atoms with Crippen molar-refractivity contribution in [3.8, 4) is 0 Å². The van der Waals surface area contributed by atoms with Crippen molar-refractivity contribution in [1.82, 2.24) is 25.0 Å². The van der Waals surface area contributed by atoms with Crippen LogP contribution in [0, 0.1) is 0 Å². The highest BCUT2D eigenvalue weighted by molar-refractivity contribution is 7.15. The topological polar surface area (TPSA) is 79.8 Å². The molecule has 3 rings (SSSR count). The van der Waals surface area contributed by atoms with Crippen molar-refractivity contribution in [3.05, 3.63) is 41.3 Å². The third kappa shape index (κ3) is 4.39. The van der Waals surface area contributed by atoms with Crippen molar-refractivity contribution in [2.24, 2.45) is 4.99 Å². The van der Waals surface area contributed by atoms with Crippen molar-refractivity contribution in [3.63, 3.8) is 0 Å². The monoisotopic (exact) mass is 360 g/mol. The number of fused-ring (bicyclic) bond motifs is 1. The molecular weight excluding hydrogens is 336 g/mol. The van der Waals surface area contributed by atoms with Crippen LogP contribution in [0.1, 0.15) is 45.0 Å². The molecule has 0 spiro atoms. The van der Waals surface area contributed by atoms with E-state index in [0.717, 1.165) is 28.9 Å². The highest BCUT2D eigenvalue weighted by Gasteiger charge is 2.19. The first kappa shape index (κ1) is 17.5. The van der Waals surface area contributed by atoms with E-state index in [1.54, 1.807) is 17.5 Å². The molecule has 0 radical (unpaired) electrons. The molecule has 0 aliphatic rings. The maximum absolute atomic E-state index is 5.80. The summed E-state index contributed by atoms with van der Waals surface area (Å²) < 4.78 is 7.81. The van der Waals surface area contributed by atoms with Crippen molar-refractivity contribution < 1.29 is 4.42 Å². The molecule has 0 aliphatic heterocycles. The number of hydrogen-bond acceptors (Lipinski definition) is 5. The van der Waals surface area contributed by atoms with E-state index in [4.69, 9.17) is 4.42 Å². The second-order valence-electron chi connectivity index (χ2n) is 6.74. The molecule has 0 atom stereocenters. The Bertz CT molecular complexity index is 825. The van der Waals surface area contributed by atoms with E-state index in [1.165, 1.54) is 0 Å². The number of nitrogens with one attached hydrogen (secondary N) is 2. The summed E-state index contributed by atoms with van der Waals surface area (Å²) in [5, 5.41) is 8.49. The number of aromatic nitrogens is 3. The van der Waals surface area contributed by atoms with E-state index in [2.05, 4.69) is 46.4 Å². The number of nitrogens with zero attached hydrogens (tertiary/aromatic N) is 4. The third-order valence-corrected chi connectivity index (χ3v) is 4.36. The number of thiazole rings is 1. The van der Waals surface area contributed by atoms with Gasteiger partial charge in [0.1, 0.15) is 5.76 Å². The molecule has 0 amide bonds. The zero-order valence-corrected chi connectivity index (χ0v) is 15.9. The second-order valence-corrected chi connectivity index (χ2v) is 7.62. The van der Waals surface area contributed by atoms with E-state index in [9.17, 15) is 0 Å². The number of hydrogen-bond donors (Lipinski definition) is 2. The predicted octanol–water partition coefficient (Wildman–Crippen LogP) is 2.94. The first-order valence-corrected chi connectivity index (χ1v) is 9.22. The second kappa shape index (κ2) is 7.26. The molecule has 0 unspecified atom stereocenters. The van der Waals surface area contributed by atoms with Gasteiger partial charge < -0.3 is 15.1 Å². The highest BCUT2D eigenvalue weighted by Crippen LogP contribution is 2.22. The third-order valence-electron chi connectivity index (χ3n) is 3.59. The highest BCUT2D eigenvalue weighted by atomic mass is 32.1. The number of rotatable bonds is 5. The Morgan fingerprint density at radius 2 is 2.20 bits per heavy atom. The molecule has 8 heteroatoms. The summed E-state index contributed by atoms with van der Waals surface area (Å²) in [5.74, 6) is 2.25. The number of guanidine groups is 1. The van der Waals surface area contributed by atoms with E-state index < -0.39 is 0 Å². The minimum Gasteiger partial charge on any atom is -0.443 e. The molecule has 3 heterocycles. The number of aliphatic imine (C=N–C) groups is 1. The maximum Gasteiger partial charge on any atom is 0.213 e. The zero-order chi connectivity index (χ0) is 17.9. The van der Waals surface area contributed by atoms with Crippen LogP contribution in [0.5, 0.6) is 0 Å². The Kier molecular flexibility index (Phi) is 5.08. The van der Waals surface area contributed by atoms with Gasteiger partial charge >= 0.3 is 0 Å². The quantitative estimate of drug-likeness (QED) is 0.540. The van der Waals surface area contributed by atoms with Crippen LogP contribution in [0.4, 0.5) is 0 Å². The standard InChI is InChI=1S/C17H24N6OS/c1-5-18-15(20-8-12-11-23-6-7-25-16(23)22-12)21-10-14-19-9-13(24-14)17(2,3)4/h6-7,9,11H,5,8,10H2,1-4H3,(H2,18,20,21). The Labute approximate surface area is 151 Å². The number of imidazole rings is 1. The number of oxazole rings is 1. The summed E-state index contributed by atoms with van der Waals surface area (Å²) in [6, 6.07) is 0. The Hall–Kier alpha value is -2.35. The summed E-state index contributed by atoms with van der Waals surface area (Å²) in [7, 11) is 0. The summed E-state index contributed by atoms with van der Waals surface area (Å²) in [4.78, 5) is 14.4. The molecule has 0 fully saturated rings. The molecule has 25 heavy (non-hydrogen) atoms. The van der Waals surface area contributed by atoms with Crippen molar-refractivity contribution in [1.29, 1.82) is 0 Å². The van der Waals surface area contributed by atoms with Gasteiger partial charge in [0.15, 0.2) is 10.9 Å². The lowest BCUT2D eigenvalue weighted by Crippen LogP contribution is -2.36. The average molecular weight is 360 g/mol. The van der Waals surface area contributed by atoms with Gasteiger partial charge in [-0.25, -0.2) is 15.0 Å². The lowest BCUT2D eigenvalue weighted by Gasteiger charge is -2.13. The van der Waals surface area contributed by atoms with Crippen LogP contribution in [0.2, 0.25) is 0 Å². The largest absolute Gasteiger partial charge is 0.443 e. The summed E-state index contributed by atoms with van der Waals surface area (Å²) >= 11 is 1.62. The minimum atomic E-state index is -0.0438. The lowest BCUT2D eigenvalue weighted by atomic mass is 9.94. The Balaban J connectivity index is 1.62. The van der Waals surface area contributed by atoms with Gasteiger partial charge in [-0.2, -0.15) is 0 Å². The summed E-state index contributed by atoms with van der Waals surface area (Å²) in [5.41, 5.74) is 0.896. The van der Waals surface area contributed by atoms with Crippen LogP contribution >= 0.6 is 11.3 Å². The normalized spacial score (nSPS) is 12.7. The lowest BCUT2D eigenvalue weighted by molar-refractivity contribution is 0.379. The van der Waals surface area contributed by atoms with Gasteiger partial charge in [0, 0.05) is 29.7 Å². The van der Waals surface area contributed by atoms with E-state index >= 15 is 0 Å². The van der Waals surface area contributed by atoms with Crippen LogP contribution in [-0.4, -0.2) is 26.9 Å². The van der Waals surface area contributed by atoms with E-state index in [0.29, 0.717) is 19.0 Å². The van der Waals surface area contributed by atoms with Crippen LogP contribution in [0.3, 0.4) is 0 Å². The molecule has 0 aromatic carbocycles. The molecule has 0 aliphatic carbocycles. The van der Waals surface area contributed by atoms with Crippen LogP contribution in [0.15, 0.2) is 33.4 Å². The summed E-state index contributed by atoms with van der Waals surface area (Å²) in [6.45, 7) is 10.1. The molecular formula is C17H24N6OS. The molecule has 0 saturated heterocycles. The fourth-order valence-corrected chi connectivity index (χ4v) is 2.97. The molecule has 7 nitrogen and oxygen atoms in total. The Morgan fingerprint density at radius 1 is 1.36 bits per heavy atom. The average Bonchev–Trinajstić information content (AvgIpc) is 3.24. The molecule has 0 saturated carbocycles. The molecule has 0 bridgehead atoms. The Morgan fingerprint density at radius 3 is 2.88 bits per heavy atom. The first-order chi connectivity index (χ1) is 12.0. The van der Waals surface area contributed by atoms with Gasteiger partial charge in [-0.05, 0) is 6.92 Å². The van der Waals surface area contributed by atoms with Crippen molar-refractivity contribution in [2.75, 3.05) is 6.54 Å². The van der Waals surface area contributed by atoms with Gasteiger partial charge in [-0.3, -0.25) is 4.40 Å². The van der Waals surface area contributed by atoms with Crippen LogP contribution in [0.25, 0.3) is 4.96 Å². The van der Waals surface area contributed by atoms with Crippen molar-refractivity contribution in [2.45, 2.75) is 46.2 Å². The van der Waals surface area contributed by atoms with Gasteiger partial charge in [-0.15, -0.1) is 11.3 Å². The summed E-state index contributed by atoms with van der Waals surface area (Å²) in [6.07, 6.45) is 5.79. The predicted molar refractivity (Wildman–Crippen MR) is 99.9 cm³/mol. The van der Waals surface area contributed by atoms with Gasteiger partial charge in [0.2, 0.25) is 5.89 Å². The van der Waals surface area contributed by atoms with Crippen LogP contribution in [-0.2, 0) is 18.5 Å². The maximum atomic E-state index is 5.80. The molecule has 3 aromatic rings. The van der Waals surface area contributed by atoms with Gasteiger partial charge in [-0.1, -0.05) is 20.8 Å². The van der Waals surface area contributed by atoms with Gasteiger partial charge in [0.25, 0.3) is 0 Å². The smallest absolute Gasteiger partial charge is 0.213 e. The molecule has 2 N–H and O–H groups in total. The fraction of sp³-hybridized carbons (Fsp3) is 0.471. The van der Waals surface area contributed by atoms with E-state index in [-0.39, 0.29) is 5.41 Å². The molecule has 3 aromatic heterocycles. The van der Waals surface area contributed by atoms with Crippen LogP contribution < -0.4 is 10.6 Å². The molecule has 134 valence electrons.